The largest absolute Gasteiger partial charge is 0.466 e. The summed E-state index contributed by atoms with van der Waals surface area (Å²) in [6, 6.07) is 0. The Balaban J connectivity index is 3.30. The second-order valence-corrected chi connectivity index (χ2v) is 4.29. The second-order valence-electron chi connectivity index (χ2n) is 4.29. The summed E-state index contributed by atoms with van der Waals surface area (Å²) in [6.45, 7) is 8.00. The smallest absolute Gasteiger partial charge is 0.308 e. The van der Waals surface area contributed by atoms with Gasteiger partial charge in [-0.25, -0.2) is 0 Å². The van der Waals surface area contributed by atoms with Gasteiger partial charge in [0, 0.05) is 0 Å². The molecular formula is C14H26O2. The van der Waals surface area contributed by atoms with E-state index in [1.807, 2.05) is 19.9 Å². The number of carbonyl (C=O) groups is 1. The fraction of sp³-hybridized carbons (Fsp3) is 0.786. The van der Waals surface area contributed by atoms with Gasteiger partial charge >= 0.3 is 5.97 Å². The van der Waals surface area contributed by atoms with Crippen molar-refractivity contribution < 1.29 is 9.53 Å². The molecule has 94 valence electrons. The van der Waals surface area contributed by atoms with Crippen LogP contribution in [0.25, 0.3) is 0 Å². The van der Waals surface area contributed by atoms with Crippen molar-refractivity contribution in [2.75, 3.05) is 6.61 Å². The van der Waals surface area contributed by atoms with Crippen LogP contribution in [0.2, 0.25) is 0 Å². The van der Waals surface area contributed by atoms with E-state index in [9.17, 15) is 4.79 Å². The van der Waals surface area contributed by atoms with Gasteiger partial charge in [0.2, 0.25) is 0 Å². The van der Waals surface area contributed by atoms with Gasteiger partial charge in [0.25, 0.3) is 0 Å². The summed E-state index contributed by atoms with van der Waals surface area (Å²) in [5.41, 5.74) is 0. The van der Waals surface area contributed by atoms with Crippen molar-refractivity contribution >= 4 is 5.97 Å². The van der Waals surface area contributed by atoms with E-state index < -0.39 is 0 Å². The highest BCUT2D eigenvalue weighted by molar-refractivity contribution is 5.71. The van der Waals surface area contributed by atoms with Gasteiger partial charge in [-0.05, 0) is 26.2 Å². The maximum Gasteiger partial charge on any atom is 0.308 e. The van der Waals surface area contributed by atoms with Crippen LogP contribution in [0.3, 0.4) is 0 Å². The number of carbonyl (C=O) groups excluding carboxylic acids is 1. The lowest BCUT2D eigenvalue weighted by atomic mass is 10.0. The van der Waals surface area contributed by atoms with E-state index in [4.69, 9.17) is 4.74 Å². The van der Waals surface area contributed by atoms with E-state index >= 15 is 0 Å². The fourth-order valence-corrected chi connectivity index (χ4v) is 1.67. The van der Waals surface area contributed by atoms with Crippen LogP contribution in [0, 0.1) is 5.92 Å². The zero-order chi connectivity index (χ0) is 12.2. The molecule has 0 bridgehead atoms. The monoisotopic (exact) mass is 226 g/mol. The average molecular weight is 226 g/mol. The van der Waals surface area contributed by atoms with Crippen LogP contribution in [0.15, 0.2) is 12.7 Å². The lowest BCUT2D eigenvalue weighted by Gasteiger charge is -2.09. The van der Waals surface area contributed by atoms with E-state index in [-0.39, 0.29) is 11.9 Å². The molecule has 0 spiro atoms. The van der Waals surface area contributed by atoms with Gasteiger partial charge in [0.05, 0.1) is 12.5 Å². The van der Waals surface area contributed by atoms with Crippen molar-refractivity contribution in [1.82, 2.24) is 0 Å². The van der Waals surface area contributed by atoms with Gasteiger partial charge in [-0.2, -0.15) is 0 Å². The number of esters is 1. The van der Waals surface area contributed by atoms with Gasteiger partial charge in [0.1, 0.15) is 0 Å². The number of allylic oxidation sites excluding steroid dienone is 1. The molecule has 16 heavy (non-hydrogen) atoms. The summed E-state index contributed by atoms with van der Waals surface area (Å²) in [5, 5.41) is 0. The molecule has 0 radical (unpaired) electrons. The molecule has 0 fully saturated rings. The van der Waals surface area contributed by atoms with Gasteiger partial charge in [-0.1, -0.05) is 38.7 Å². The van der Waals surface area contributed by atoms with Crippen molar-refractivity contribution in [3.8, 4) is 0 Å². The van der Waals surface area contributed by atoms with Crippen molar-refractivity contribution in [3.05, 3.63) is 12.7 Å². The third-order valence-electron chi connectivity index (χ3n) is 2.73. The Bertz CT molecular complexity index is 187. The van der Waals surface area contributed by atoms with Gasteiger partial charge in [0.15, 0.2) is 0 Å². The summed E-state index contributed by atoms with van der Waals surface area (Å²) in [4.78, 5) is 11.3. The first-order valence-corrected chi connectivity index (χ1v) is 6.49. The standard InChI is InChI=1S/C14H26O2/c1-4-6-7-8-9-10-11-12-13(3)14(15)16-5-2/h4,13H,1,5-12H2,2-3H3. The Morgan fingerprint density at radius 2 is 1.88 bits per heavy atom. The minimum absolute atomic E-state index is 0.0471. The minimum Gasteiger partial charge on any atom is -0.466 e. The molecule has 0 aromatic carbocycles. The van der Waals surface area contributed by atoms with Gasteiger partial charge < -0.3 is 4.74 Å². The number of hydrogen-bond donors (Lipinski definition) is 0. The molecule has 0 heterocycles. The van der Waals surface area contributed by atoms with E-state index in [2.05, 4.69) is 6.58 Å². The third kappa shape index (κ3) is 8.51. The molecule has 0 saturated carbocycles. The SMILES string of the molecule is C=CCCCCCCCC(C)C(=O)OCC. The van der Waals surface area contributed by atoms with E-state index in [0.29, 0.717) is 6.61 Å². The van der Waals surface area contributed by atoms with Crippen LogP contribution in [-0.4, -0.2) is 12.6 Å². The summed E-state index contributed by atoms with van der Waals surface area (Å²) in [6.07, 6.45) is 10.2. The molecule has 0 aliphatic heterocycles. The van der Waals surface area contributed by atoms with Gasteiger partial charge in [-0.3, -0.25) is 4.79 Å². The highest BCUT2D eigenvalue weighted by Crippen LogP contribution is 2.13. The maximum atomic E-state index is 11.3. The highest BCUT2D eigenvalue weighted by atomic mass is 16.5. The molecule has 0 rings (SSSR count). The van der Waals surface area contributed by atoms with Crippen molar-refractivity contribution in [3.63, 3.8) is 0 Å². The molecular weight excluding hydrogens is 200 g/mol. The van der Waals surface area contributed by atoms with Crippen molar-refractivity contribution in [2.24, 2.45) is 5.92 Å². The number of rotatable bonds is 10. The quantitative estimate of drug-likeness (QED) is 0.318. The van der Waals surface area contributed by atoms with Crippen LogP contribution in [0.5, 0.6) is 0 Å². The Labute approximate surface area is 100 Å². The molecule has 2 heteroatoms. The van der Waals surface area contributed by atoms with E-state index in [1.54, 1.807) is 0 Å². The lowest BCUT2D eigenvalue weighted by Crippen LogP contribution is -2.14. The maximum absolute atomic E-state index is 11.3. The third-order valence-corrected chi connectivity index (χ3v) is 2.73. The molecule has 1 atom stereocenters. The normalized spacial score (nSPS) is 12.1. The molecule has 0 aromatic heterocycles. The first-order chi connectivity index (χ1) is 7.72. The average Bonchev–Trinajstić information content (AvgIpc) is 2.28. The molecule has 1 unspecified atom stereocenters. The first-order valence-electron chi connectivity index (χ1n) is 6.49. The fourth-order valence-electron chi connectivity index (χ4n) is 1.67. The Morgan fingerprint density at radius 3 is 2.50 bits per heavy atom. The minimum atomic E-state index is -0.0471. The summed E-state index contributed by atoms with van der Waals surface area (Å²) in [7, 11) is 0. The number of hydrogen-bond acceptors (Lipinski definition) is 2. The number of ether oxygens (including phenoxy) is 1. The summed E-state index contributed by atoms with van der Waals surface area (Å²) < 4.78 is 4.96. The zero-order valence-electron chi connectivity index (χ0n) is 10.8. The molecule has 0 aliphatic rings. The molecule has 0 amide bonds. The Morgan fingerprint density at radius 1 is 1.25 bits per heavy atom. The predicted octanol–water partition coefficient (Wildman–Crippen LogP) is 4.10. The van der Waals surface area contributed by atoms with Crippen molar-refractivity contribution in [2.45, 2.75) is 58.8 Å². The Kier molecular flexibility index (Phi) is 10.2. The molecule has 0 N–H and O–H groups in total. The molecule has 0 aromatic rings. The number of unbranched alkanes of at least 4 members (excludes halogenated alkanes) is 5. The lowest BCUT2D eigenvalue weighted by molar-refractivity contribution is -0.147. The highest BCUT2D eigenvalue weighted by Gasteiger charge is 2.12. The van der Waals surface area contributed by atoms with E-state index in [1.165, 1.54) is 25.7 Å². The summed E-state index contributed by atoms with van der Waals surface area (Å²) >= 11 is 0. The predicted molar refractivity (Wildman–Crippen MR) is 68.3 cm³/mol. The first kappa shape index (κ1) is 15.2. The molecule has 0 aliphatic carbocycles. The van der Waals surface area contributed by atoms with E-state index in [0.717, 1.165) is 19.3 Å². The second kappa shape index (κ2) is 10.7. The van der Waals surface area contributed by atoms with Crippen molar-refractivity contribution in [1.29, 1.82) is 0 Å². The van der Waals surface area contributed by atoms with Crippen LogP contribution >= 0.6 is 0 Å². The van der Waals surface area contributed by atoms with Crippen LogP contribution < -0.4 is 0 Å². The van der Waals surface area contributed by atoms with Gasteiger partial charge in [-0.15, -0.1) is 6.58 Å². The van der Waals surface area contributed by atoms with Crippen LogP contribution in [0.4, 0.5) is 0 Å². The molecule has 2 nitrogen and oxygen atoms in total. The van der Waals surface area contributed by atoms with Crippen LogP contribution in [-0.2, 0) is 9.53 Å². The zero-order valence-corrected chi connectivity index (χ0v) is 10.8. The topological polar surface area (TPSA) is 26.3 Å². The summed E-state index contributed by atoms with van der Waals surface area (Å²) in [5.74, 6) is 0.0160. The molecule has 0 saturated heterocycles. The Hall–Kier alpha value is -0.790. The van der Waals surface area contributed by atoms with Crippen LogP contribution in [0.1, 0.15) is 58.8 Å².